The first-order valence-corrected chi connectivity index (χ1v) is 10.6. The second kappa shape index (κ2) is 10.1. The number of nitro groups is 1. The van der Waals surface area contributed by atoms with Crippen LogP contribution in [-0.2, 0) is 9.59 Å². The van der Waals surface area contributed by atoms with Crippen molar-refractivity contribution in [3.63, 3.8) is 0 Å². The van der Waals surface area contributed by atoms with Crippen molar-refractivity contribution in [2.24, 2.45) is 0 Å². The Labute approximate surface area is 191 Å². The number of hydrogen-bond donors (Lipinski definition) is 2. The third-order valence-electron chi connectivity index (χ3n) is 5.66. The van der Waals surface area contributed by atoms with Gasteiger partial charge in [0.15, 0.2) is 0 Å². The topological polar surface area (TPSA) is 125 Å². The number of hydrogen-bond acceptors (Lipinski definition) is 6. The van der Waals surface area contributed by atoms with Crippen LogP contribution in [-0.4, -0.2) is 60.3 Å². The maximum atomic E-state index is 12.5. The molecule has 1 saturated heterocycles. The van der Waals surface area contributed by atoms with Gasteiger partial charge in [0.1, 0.15) is 5.69 Å². The van der Waals surface area contributed by atoms with Gasteiger partial charge >= 0.3 is 0 Å². The number of anilines is 2. The summed E-state index contributed by atoms with van der Waals surface area (Å²) in [5.74, 6) is -1.00. The van der Waals surface area contributed by atoms with Crippen LogP contribution in [0.2, 0.25) is 0 Å². The lowest BCUT2D eigenvalue weighted by molar-refractivity contribution is -0.384. The van der Waals surface area contributed by atoms with E-state index in [4.69, 9.17) is 0 Å². The zero-order chi connectivity index (χ0) is 24.1. The SMILES string of the molecule is CC(=O)N1CCN(c2ccc(C(=O)NCC(=O)Nc3c(C)cccc3C)cc2[N+](=O)[O-])CC1. The predicted octanol–water partition coefficient (Wildman–Crippen LogP) is 2.25. The average Bonchev–Trinajstić information content (AvgIpc) is 2.79. The van der Waals surface area contributed by atoms with Crippen LogP contribution in [0, 0.1) is 24.0 Å². The van der Waals surface area contributed by atoms with Gasteiger partial charge in [-0.25, -0.2) is 0 Å². The Morgan fingerprint density at radius 3 is 2.24 bits per heavy atom. The molecule has 10 nitrogen and oxygen atoms in total. The van der Waals surface area contributed by atoms with E-state index < -0.39 is 16.7 Å². The first-order chi connectivity index (χ1) is 15.7. The van der Waals surface area contributed by atoms with Crippen LogP contribution in [0.5, 0.6) is 0 Å². The first kappa shape index (κ1) is 23.7. The molecular weight excluding hydrogens is 426 g/mol. The molecule has 0 radical (unpaired) electrons. The van der Waals surface area contributed by atoms with E-state index in [0.717, 1.165) is 11.1 Å². The molecule has 2 aromatic carbocycles. The molecule has 1 aliphatic rings. The summed E-state index contributed by atoms with van der Waals surface area (Å²) >= 11 is 0. The summed E-state index contributed by atoms with van der Waals surface area (Å²) in [5, 5.41) is 17.0. The van der Waals surface area contributed by atoms with Gasteiger partial charge in [0.2, 0.25) is 11.8 Å². The number of aryl methyl sites for hydroxylation is 2. The van der Waals surface area contributed by atoms with E-state index in [0.29, 0.717) is 37.6 Å². The average molecular weight is 453 g/mol. The number of amides is 3. The normalized spacial score (nSPS) is 13.4. The summed E-state index contributed by atoms with van der Waals surface area (Å²) in [7, 11) is 0. The standard InChI is InChI=1S/C23H27N5O5/c1-15-5-4-6-16(2)22(15)25-21(30)14-24-23(31)18-7-8-19(20(13-18)28(32)33)27-11-9-26(10-12-27)17(3)29/h4-8,13H,9-12,14H2,1-3H3,(H,24,31)(H,25,30). The van der Waals surface area contributed by atoms with E-state index >= 15 is 0 Å². The highest BCUT2D eigenvalue weighted by molar-refractivity contribution is 6.00. The summed E-state index contributed by atoms with van der Waals surface area (Å²) in [6, 6.07) is 9.89. The predicted molar refractivity (Wildman–Crippen MR) is 124 cm³/mol. The van der Waals surface area contributed by atoms with Gasteiger partial charge < -0.3 is 20.4 Å². The molecule has 2 aromatic rings. The molecule has 2 N–H and O–H groups in total. The number of carbonyl (C=O) groups excluding carboxylic acids is 3. The van der Waals surface area contributed by atoms with Gasteiger partial charge in [-0.3, -0.25) is 24.5 Å². The maximum Gasteiger partial charge on any atom is 0.293 e. The second-order valence-corrected chi connectivity index (χ2v) is 7.95. The molecule has 33 heavy (non-hydrogen) atoms. The highest BCUT2D eigenvalue weighted by atomic mass is 16.6. The van der Waals surface area contributed by atoms with Crippen molar-refractivity contribution in [1.29, 1.82) is 0 Å². The minimum atomic E-state index is -0.581. The van der Waals surface area contributed by atoms with Crippen molar-refractivity contribution in [3.8, 4) is 0 Å². The summed E-state index contributed by atoms with van der Waals surface area (Å²) in [6.45, 7) is 6.86. The second-order valence-electron chi connectivity index (χ2n) is 7.95. The first-order valence-electron chi connectivity index (χ1n) is 10.6. The van der Waals surface area contributed by atoms with E-state index in [1.807, 2.05) is 36.9 Å². The van der Waals surface area contributed by atoms with E-state index in [9.17, 15) is 24.5 Å². The Hall–Kier alpha value is -3.95. The van der Waals surface area contributed by atoms with Crippen molar-refractivity contribution >= 4 is 34.8 Å². The van der Waals surface area contributed by atoms with Crippen molar-refractivity contribution in [1.82, 2.24) is 10.2 Å². The molecule has 174 valence electrons. The number of para-hydroxylation sites is 1. The van der Waals surface area contributed by atoms with Gasteiger partial charge in [0.25, 0.3) is 11.6 Å². The number of benzene rings is 2. The number of nitro benzene ring substituents is 1. The molecule has 0 unspecified atom stereocenters. The molecule has 0 bridgehead atoms. The van der Waals surface area contributed by atoms with Gasteiger partial charge in [0, 0.05) is 50.4 Å². The lowest BCUT2D eigenvalue weighted by atomic mass is 10.1. The molecular formula is C23H27N5O5. The molecule has 3 rings (SSSR count). The highest BCUT2D eigenvalue weighted by Crippen LogP contribution is 2.30. The van der Waals surface area contributed by atoms with Crippen molar-refractivity contribution in [3.05, 3.63) is 63.2 Å². The van der Waals surface area contributed by atoms with Crippen LogP contribution >= 0.6 is 0 Å². The maximum absolute atomic E-state index is 12.5. The van der Waals surface area contributed by atoms with E-state index in [1.165, 1.54) is 25.1 Å². The fourth-order valence-electron chi connectivity index (χ4n) is 3.80. The number of nitrogens with zero attached hydrogens (tertiary/aromatic N) is 3. The quantitative estimate of drug-likeness (QED) is 0.511. The minimum Gasteiger partial charge on any atom is -0.362 e. The van der Waals surface area contributed by atoms with Crippen LogP contribution < -0.4 is 15.5 Å². The molecule has 1 aliphatic heterocycles. The fraction of sp³-hybridized carbons (Fsp3) is 0.348. The molecule has 0 aliphatic carbocycles. The van der Waals surface area contributed by atoms with Crippen molar-refractivity contribution in [2.75, 3.05) is 42.9 Å². The van der Waals surface area contributed by atoms with E-state index in [2.05, 4.69) is 10.6 Å². The lowest BCUT2D eigenvalue weighted by Crippen LogP contribution is -2.48. The molecule has 1 fully saturated rings. The zero-order valence-corrected chi connectivity index (χ0v) is 18.9. The largest absolute Gasteiger partial charge is 0.362 e. The Kier molecular flexibility index (Phi) is 7.27. The fourth-order valence-corrected chi connectivity index (χ4v) is 3.80. The minimum absolute atomic E-state index is 0.0298. The van der Waals surface area contributed by atoms with Gasteiger partial charge in [-0.05, 0) is 37.1 Å². The smallest absolute Gasteiger partial charge is 0.293 e. The Balaban J connectivity index is 1.66. The lowest BCUT2D eigenvalue weighted by Gasteiger charge is -2.35. The monoisotopic (exact) mass is 453 g/mol. The van der Waals surface area contributed by atoms with Gasteiger partial charge in [-0.1, -0.05) is 18.2 Å². The Morgan fingerprint density at radius 1 is 1.03 bits per heavy atom. The number of rotatable bonds is 6. The van der Waals surface area contributed by atoms with Crippen molar-refractivity contribution < 1.29 is 19.3 Å². The van der Waals surface area contributed by atoms with Crippen LogP contribution in [0.4, 0.5) is 17.1 Å². The van der Waals surface area contributed by atoms with Crippen LogP contribution in [0.1, 0.15) is 28.4 Å². The van der Waals surface area contributed by atoms with E-state index in [-0.39, 0.29) is 23.7 Å². The molecule has 0 atom stereocenters. The third kappa shape index (κ3) is 5.65. The molecule has 0 saturated carbocycles. The molecule has 1 heterocycles. The summed E-state index contributed by atoms with van der Waals surface area (Å²) in [4.78, 5) is 51.0. The summed E-state index contributed by atoms with van der Waals surface area (Å²) in [6.07, 6.45) is 0. The number of nitrogens with one attached hydrogen (secondary N) is 2. The Morgan fingerprint density at radius 2 is 1.67 bits per heavy atom. The van der Waals surface area contributed by atoms with Gasteiger partial charge in [0.05, 0.1) is 11.5 Å². The van der Waals surface area contributed by atoms with Gasteiger partial charge in [-0.2, -0.15) is 0 Å². The number of piperazine rings is 1. The van der Waals surface area contributed by atoms with Crippen molar-refractivity contribution in [2.45, 2.75) is 20.8 Å². The zero-order valence-electron chi connectivity index (χ0n) is 18.9. The molecule has 0 spiro atoms. The molecule has 3 amide bonds. The third-order valence-corrected chi connectivity index (χ3v) is 5.66. The summed E-state index contributed by atoms with van der Waals surface area (Å²) < 4.78 is 0. The number of carbonyl (C=O) groups is 3. The van der Waals surface area contributed by atoms with Gasteiger partial charge in [-0.15, -0.1) is 0 Å². The Bertz CT molecular complexity index is 1070. The molecule has 10 heteroatoms. The molecule has 0 aromatic heterocycles. The van der Waals surface area contributed by atoms with Crippen LogP contribution in [0.3, 0.4) is 0 Å². The van der Waals surface area contributed by atoms with Crippen LogP contribution in [0.25, 0.3) is 0 Å². The summed E-state index contributed by atoms with van der Waals surface area (Å²) in [5.41, 5.74) is 2.80. The van der Waals surface area contributed by atoms with Crippen LogP contribution in [0.15, 0.2) is 36.4 Å². The highest BCUT2D eigenvalue weighted by Gasteiger charge is 2.26. The van der Waals surface area contributed by atoms with E-state index in [1.54, 1.807) is 4.90 Å².